The van der Waals surface area contributed by atoms with E-state index in [1.807, 2.05) is 12.1 Å². The summed E-state index contributed by atoms with van der Waals surface area (Å²) in [5, 5.41) is 0. The molecule has 0 spiro atoms. The van der Waals surface area contributed by atoms with Crippen LogP contribution < -0.4 is 4.74 Å². The lowest BCUT2D eigenvalue weighted by Gasteiger charge is -2.27. The van der Waals surface area contributed by atoms with Crippen LogP contribution in [-0.4, -0.2) is 17.9 Å². The fourth-order valence-electron chi connectivity index (χ4n) is 2.80. The highest BCUT2D eigenvalue weighted by Crippen LogP contribution is 2.32. The van der Waals surface area contributed by atoms with Gasteiger partial charge in [0.1, 0.15) is 5.78 Å². The Balaban J connectivity index is 2.09. The molecule has 0 saturated heterocycles. The van der Waals surface area contributed by atoms with Crippen LogP contribution in [0.1, 0.15) is 38.2 Å². The zero-order valence-corrected chi connectivity index (χ0v) is 11.2. The van der Waals surface area contributed by atoms with Crippen molar-refractivity contribution in [2.75, 3.05) is 7.11 Å². The van der Waals surface area contributed by atoms with E-state index in [0.29, 0.717) is 17.6 Å². The maximum atomic E-state index is 12.0. The summed E-state index contributed by atoms with van der Waals surface area (Å²) in [6.07, 6.45) is 6.50. The molecule has 1 aromatic rings. The third-order valence-corrected chi connectivity index (χ3v) is 3.96. The molecule has 2 atom stereocenters. The number of pyridine rings is 1. The van der Waals surface area contributed by atoms with Gasteiger partial charge in [-0.05, 0) is 31.2 Å². The minimum atomic E-state index is 0.154. The molecule has 3 nitrogen and oxygen atoms in total. The second-order valence-electron chi connectivity index (χ2n) is 5.09. The number of rotatable bonds is 4. The van der Waals surface area contributed by atoms with Crippen molar-refractivity contribution in [3.8, 4) is 5.88 Å². The molecule has 1 heterocycles. The predicted molar refractivity (Wildman–Crippen MR) is 70.6 cm³/mol. The summed E-state index contributed by atoms with van der Waals surface area (Å²) < 4.78 is 5.25. The average Bonchev–Trinajstić information content (AvgIpc) is 2.42. The summed E-state index contributed by atoms with van der Waals surface area (Å²) in [6, 6.07) is 3.91. The average molecular weight is 247 g/mol. The summed E-state index contributed by atoms with van der Waals surface area (Å²) in [5.41, 5.74) is 1.05. The van der Waals surface area contributed by atoms with E-state index >= 15 is 0 Å². The number of aromatic nitrogens is 1. The first-order valence-corrected chi connectivity index (χ1v) is 6.75. The Bertz CT molecular complexity index is 417. The summed E-state index contributed by atoms with van der Waals surface area (Å²) in [4.78, 5) is 16.2. The van der Waals surface area contributed by atoms with Gasteiger partial charge in [0, 0.05) is 24.1 Å². The van der Waals surface area contributed by atoms with Crippen LogP contribution in [0.2, 0.25) is 0 Å². The third kappa shape index (κ3) is 2.89. The molecule has 1 aliphatic rings. The first-order valence-electron chi connectivity index (χ1n) is 6.75. The lowest BCUT2D eigenvalue weighted by atomic mass is 9.77. The highest BCUT2D eigenvalue weighted by molar-refractivity contribution is 5.82. The maximum Gasteiger partial charge on any atom is 0.216 e. The first kappa shape index (κ1) is 13.1. The van der Waals surface area contributed by atoms with Crippen LogP contribution >= 0.6 is 0 Å². The zero-order valence-electron chi connectivity index (χ0n) is 11.2. The minimum Gasteiger partial charge on any atom is -0.481 e. The Morgan fingerprint density at radius 1 is 1.50 bits per heavy atom. The highest BCUT2D eigenvalue weighted by atomic mass is 16.5. The van der Waals surface area contributed by atoms with Gasteiger partial charge in [0.2, 0.25) is 5.88 Å². The predicted octanol–water partition coefficient (Wildman–Crippen LogP) is 3.03. The number of carbonyl (C=O) groups excluding carboxylic acids is 1. The summed E-state index contributed by atoms with van der Waals surface area (Å²) in [6.45, 7) is 2.21. The van der Waals surface area contributed by atoms with Crippen LogP contribution in [0, 0.1) is 11.8 Å². The van der Waals surface area contributed by atoms with Crippen LogP contribution in [0.3, 0.4) is 0 Å². The van der Waals surface area contributed by atoms with Gasteiger partial charge in [-0.1, -0.05) is 19.4 Å². The quantitative estimate of drug-likeness (QED) is 0.821. The minimum absolute atomic E-state index is 0.154. The summed E-state index contributed by atoms with van der Waals surface area (Å²) in [7, 11) is 1.63. The maximum absolute atomic E-state index is 12.0. The number of Topliss-reactive ketones (excluding diaryl/α,β-unsaturated/α-hetero) is 1. The number of hydrogen-bond acceptors (Lipinski definition) is 3. The Morgan fingerprint density at radius 3 is 3.06 bits per heavy atom. The van der Waals surface area contributed by atoms with Crippen molar-refractivity contribution < 1.29 is 9.53 Å². The van der Waals surface area contributed by atoms with Crippen molar-refractivity contribution in [2.45, 2.75) is 39.0 Å². The Morgan fingerprint density at radius 2 is 2.33 bits per heavy atom. The monoisotopic (exact) mass is 247 g/mol. The van der Waals surface area contributed by atoms with Gasteiger partial charge in [-0.15, -0.1) is 0 Å². The van der Waals surface area contributed by atoms with Gasteiger partial charge in [-0.2, -0.15) is 0 Å². The highest BCUT2D eigenvalue weighted by Gasteiger charge is 2.28. The molecule has 0 amide bonds. The van der Waals surface area contributed by atoms with Gasteiger partial charge in [0.05, 0.1) is 7.11 Å². The van der Waals surface area contributed by atoms with Crippen molar-refractivity contribution in [3.63, 3.8) is 0 Å². The molecule has 3 heteroatoms. The molecule has 2 rings (SSSR count). The van der Waals surface area contributed by atoms with Crippen LogP contribution in [0.15, 0.2) is 18.3 Å². The molecule has 2 unspecified atom stereocenters. The normalized spacial score (nSPS) is 24.0. The number of nitrogens with zero attached hydrogens (tertiary/aromatic N) is 1. The Hall–Kier alpha value is -1.38. The molecule has 1 fully saturated rings. The van der Waals surface area contributed by atoms with E-state index in [1.165, 1.54) is 6.42 Å². The first-order chi connectivity index (χ1) is 8.74. The van der Waals surface area contributed by atoms with Crippen molar-refractivity contribution in [2.24, 2.45) is 11.8 Å². The fraction of sp³-hybridized carbons (Fsp3) is 0.600. The van der Waals surface area contributed by atoms with E-state index in [2.05, 4.69) is 11.9 Å². The SMILES string of the molecule is CCC1CCC(=O)C(Cc2cccnc2OC)C1. The molecule has 0 aromatic carbocycles. The van der Waals surface area contributed by atoms with Crippen molar-refractivity contribution in [1.82, 2.24) is 4.98 Å². The summed E-state index contributed by atoms with van der Waals surface area (Å²) >= 11 is 0. The molecular weight excluding hydrogens is 226 g/mol. The summed E-state index contributed by atoms with van der Waals surface area (Å²) in [5.74, 6) is 1.92. The third-order valence-electron chi connectivity index (χ3n) is 3.96. The lowest BCUT2D eigenvalue weighted by molar-refractivity contribution is -0.125. The van der Waals surface area contributed by atoms with Crippen LogP contribution in [0.4, 0.5) is 0 Å². The van der Waals surface area contributed by atoms with E-state index in [0.717, 1.165) is 31.2 Å². The number of carbonyl (C=O) groups is 1. The Kier molecular flexibility index (Phi) is 4.34. The Labute approximate surface area is 109 Å². The van der Waals surface area contributed by atoms with Gasteiger partial charge in [-0.25, -0.2) is 4.98 Å². The van der Waals surface area contributed by atoms with E-state index < -0.39 is 0 Å². The molecule has 1 aliphatic carbocycles. The molecule has 0 N–H and O–H groups in total. The molecule has 98 valence electrons. The van der Waals surface area contributed by atoms with Crippen molar-refractivity contribution >= 4 is 5.78 Å². The second kappa shape index (κ2) is 5.98. The molecule has 1 saturated carbocycles. The molecule has 0 bridgehead atoms. The number of hydrogen-bond donors (Lipinski definition) is 0. The molecule has 0 aliphatic heterocycles. The number of ketones is 1. The van der Waals surface area contributed by atoms with E-state index in [1.54, 1.807) is 13.3 Å². The van der Waals surface area contributed by atoms with Gasteiger partial charge in [-0.3, -0.25) is 4.79 Å². The smallest absolute Gasteiger partial charge is 0.216 e. The van der Waals surface area contributed by atoms with Crippen molar-refractivity contribution in [3.05, 3.63) is 23.9 Å². The lowest BCUT2D eigenvalue weighted by Crippen LogP contribution is -2.26. The van der Waals surface area contributed by atoms with Crippen LogP contribution in [0.25, 0.3) is 0 Å². The molecule has 1 aromatic heterocycles. The van der Waals surface area contributed by atoms with Gasteiger partial charge >= 0.3 is 0 Å². The van der Waals surface area contributed by atoms with Crippen LogP contribution in [-0.2, 0) is 11.2 Å². The van der Waals surface area contributed by atoms with Gasteiger partial charge in [0.25, 0.3) is 0 Å². The van der Waals surface area contributed by atoms with E-state index in [9.17, 15) is 4.79 Å². The second-order valence-corrected chi connectivity index (χ2v) is 5.09. The van der Waals surface area contributed by atoms with Crippen LogP contribution in [0.5, 0.6) is 5.88 Å². The molecular formula is C15H21NO2. The molecule has 18 heavy (non-hydrogen) atoms. The number of methoxy groups -OCH3 is 1. The van der Waals surface area contributed by atoms with E-state index in [4.69, 9.17) is 4.74 Å². The standard InChI is InChI=1S/C15H21NO2/c1-3-11-6-7-14(17)13(9-11)10-12-5-4-8-16-15(12)18-2/h4-5,8,11,13H,3,6-7,9-10H2,1-2H3. The van der Waals surface area contributed by atoms with Gasteiger partial charge < -0.3 is 4.74 Å². The zero-order chi connectivity index (χ0) is 13.0. The van der Waals surface area contributed by atoms with Gasteiger partial charge in [0.15, 0.2) is 0 Å². The number of ether oxygens (including phenoxy) is 1. The largest absolute Gasteiger partial charge is 0.481 e. The fourth-order valence-corrected chi connectivity index (χ4v) is 2.80. The van der Waals surface area contributed by atoms with E-state index in [-0.39, 0.29) is 5.92 Å². The topological polar surface area (TPSA) is 39.2 Å². The van der Waals surface area contributed by atoms with Crippen molar-refractivity contribution in [1.29, 1.82) is 0 Å². The molecule has 0 radical (unpaired) electrons.